The molecular weight excluding hydrogens is 343 g/mol. The monoisotopic (exact) mass is 362 g/mol. The fraction of sp³-hybridized carbons (Fsp3) is 0.278. The summed E-state index contributed by atoms with van der Waals surface area (Å²) >= 11 is 1.64. The van der Waals surface area contributed by atoms with Crippen LogP contribution in [0.2, 0.25) is 0 Å². The second kappa shape index (κ2) is 7.65. The average Bonchev–Trinajstić information content (AvgIpc) is 3.12. The highest BCUT2D eigenvalue weighted by molar-refractivity contribution is 7.99. The number of rotatable bonds is 4. The largest absolute Gasteiger partial charge is 0.497 e. The lowest BCUT2D eigenvalue weighted by atomic mass is 10.1. The molecule has 2 aromatic carbocycles. The number of amides is 2. The van der Waals surface area contributed by atoms with Crippen molar-refractivity contribution in [3.05, 3.63) is 53.8 Å². The van der Waals surface area contributed by atoms with Crippen LogP contribution in [0.25, 0.3) is 0 Å². The first-order valence-electron chi connectivity index (χ1n) is 7.79. The van der Waals surface area contributed by atoms with Gasteiger partial charge in [0.15, 0.2) is 0 Å². The molecule has 1 aliphatic heterocycles. The number of hydrogen-bond donors (Lipinski definition) is 1. The molecule has 1 fully saturated rings. The number of anilines is 1. The molecule has 0 aliphatic carbocycles. The highest BCUT2D eigenvalue weighted by atomic mass is 32.2. The van der Waals surface area contributed by atoms with Crippen LogP contribution in [0.4, 0.5) is 14.9 Å². The van der Waals surface area contributed by atoms with Gasteiger partial charge in [-0.25, -0.2) is 9.18 Å². The summed E-state index contributed by atoms with van der Waals surface area (Å²) < 4.78 is 24.5. The molecule has 0 radical (unpaired) electrons. The number of nitrogens with one attached hydrogen (secondary N) is 1. The van der Waals surface area contributed by atoms with Crippen LogP contribution in [0, 0.1) is 5.82 Å². The van der Waals surface area contributed by atoms with Crippen LogP contribution >= 0.6 is 11.8 Å². The van der Waals surface area contributed by atoms with Gasteiger partial charge >= 0.3 is 6.03 Å². The van der Waals surface area contributed by atoms with Gasteiger partial charge in [-0.2, -0.15) is 0 Å². The fourth-order valence-corrected chi connectivity index (χ4v) is 3.99. The van der Waals surface area contributed by atoms with Gasteiger partial charge in [-0.15, -0.1) is 11.8 Å². The van der Waals surface area contributed by atoms with E-state index in [1.165, 1.54) is 6.07 Å². The molecule has 0 saturated carbocycles. The van der Waals surface area contributed by atoms with Crippen LogP contribution in [0.5, 0.6) is 11.5 Å². The third kappa shape index (κ3) is 3.66. The molecule has 1 saturated heterocycles. The summed E-state index contributed by atoms with van der Waals surface area (Å²) in [7, 11) is 3.18. The SMILES string of the molecule is COc1ccc([C@H]2SCCN2C(=O)Nc2ccccc2F)c(OC)c1. The van der Waals surface area contributed by atoms with Gasteiger partial charge in [-0.1, -0.05) is 12.1 Å². The van der Waals surface area contributed by atoms with E-state index in [0.29, 0.717) is 18.0 Å². The second-order valence-electron chi connectivity index (χ2n) is 5.43. The fourth-order valence-electron chi connectivity index (χ4n) is 2.71. The van der Waals surface area contributed by atoms with E-state index in [9.17, 15) is 9.18 Å². The number of methoxy groups -OCH3 is 2. The average molecular weight is 362 g/mol. The number of halogens is 1. The Morgan fingerprint density at radius 3 is 2.76 bits per heavy atom. The van der Waals surface area contributed by atoms with Gasteiger partial charge in [-0.3, -0.25) is 0 Å². The number of thioether (sulfide) groups is 1. The Bertz CT molecular complexity index is 772. The minimum atomic E-state index is -0.457. The Balaban J connectivity index is 1.83. The first-order valence-corrected chi connectivity index (χ1v) is 8.84. The van der Waals surface area contributed by atoms with E-state index in [1.807, 2.05) is 12.1 Å². The van der Waals surface area contributed by atoms with E-state index >= 15 is 0 Å². The zero-order valence-electron chi connectivity index (χ0n) is 14.0. The van der Waals surface area contributed by atoms with Crippen molar-refractivity contribution in [1.29, 1.82) is 0 Å². The topological polar surface area (TPSA) is 50.8 Å². The Labute approximate surface area is 150 Å². The lowest BCUT2D eigenvalue weighted by Gasteiger charge is -2.26. The van der Waals surface area contributed by atoms with Gasteiger partial charge in [0, 0.05) is 23.9 Å². The number of carbonyl (C=O) groups excluding carboxylic acids is 1. The maximum absolute atomic E-state index is 13.8. The second-order valence-corrected chi connectivity index (χ2v) is 6.62. The maximum atomic E-state index is 13.8. The van der Waals surface area contributed by atoms with Crippen molar-refractivity contribution in [2.45, 2.75) is 5.37 Å². The summed E-state index contributed by atoms with van der Waals surface area (Å²) in [4.78, 5) is 14.3. The van der Waals surface area contributed by atoms with Gasteiger partial charge in [0.2, 0.25) is 0 Å². The lowest BCUT2D eigenvalue weighted by molar-refractivity contribution is 0.213. The van der Waals surface area contributed by atoms with Crippen molar-refractivity contribution in [1.82, 2.24) is 4.90 Å². The van der Waals surface area contributed by atoms with Gasteiger partial charge in [-0.05, 0) is 24.3 Å². The van der Waals surface area contributed by atoms with Crippen molar-refractivity contribution in [2.24, 2.45) is 0 Å². The number of urea groups is 1. The van der Waals surface area contributed by atoms with E-state index in [1.54, 1.807) is 55.1 Å². The molecule has 1 N–H and O–H groups in total. The number of nitrogens with zero attached hydrogens (tertiary/aromatic N) is 1. The Morgan fingerprint density at radius 1 is 1.24 bits per heavy atom. The van der Waals surface area contributed by atoms with Crippen LogP contribution in [-0.4, -0.2) is 37.4 Å². The lowest BCUT2D eigenvalue weighted by Crippen LogP contribution is -2.34. The maximum Gasteiger partial charge on any atom is 0.323 e. The minimum absolute atomic E-state index is 0.171. The third-order valence-electron chi connectivity index (χ3n) is 3.97. The summed E-state index contributed by atoms with van der Waals surface area (Å²) in [5, 5.41) is 2.44. The molecule has 2 aromatic rings. The van der Waals surface area contributed by atoms with E-state index in [-0.39, 0.29) is 17.1 Å². The molecule has 7 heteroatoms. The molecule has 0 aromatic heterocycles. The van der Waals surface area contributed by atoms with Crippen molar-refractivity contribution in [3.63, 3.8) is 0 Å². The normalized spacial score (nSPS) is 16.6. The van der Waals surface area contributed by atoms with Crippen molar-refractivity contribution in [2.75, 3.05) is 31.8 Å². The first kappa shape index (κ1) is 17.4. The van der Waals surface area contributed by atoms with Gasteiger partial charge in [0.05, 0.1) is 19.9 Å². The Kier molecular flexibility index (Phi) is 5.33. The zero-order valence-corrected chi connectivity index (χ0v) is 14.8. The van der Waals surface area contributed by atoms with Crippen molar-refractivity contribution in [3.8, 4) is 11.5 Å². The quantitative estimate of drug-likeness (QED) is 0.889. The number of para-hydroxylation sites is 1. The van der Waals surface area contributed by atoms with Gasteiger partial charge < -0.3 is 19.7 Å². The predicted octanol–water partition coefficient (Wildman–Crippen LogP) is 4.12. The Hall–Kier alpha value is -2.41. The highest BCUT2D eigenvalue weighted by Gasteiger charge is 2.33. The number of hydrogen-bond acceptors (Lipinski definition) is 4. The number of carbonyl (C=O) groups is 1. The smallest absolute Gasteiger partial charge is 0.323 e. The molecule has 0 unspecified atom stereocenters. The van der Waals surface area contributed by atoms with Gasteiger partial charge in [0.1, 0.15) is 22.7 Å². The summed E-state index contributed by atoms with van der Waals surface area (Å²) in [6, 6.07) is 11.3. The molecule has 1 atom stereocenters. The predicted molar refractivity (Wildman–Crippen MR) is 96.9 cm³/mol. The molecule has 5 nitrogen and oxygen atoms in total. The molecule has 2 amide bonds. The van der Waals surface area contributed by atoms with Crippen LogP contribution in [0.3, 0.4) is 0 Å². The van der Waals surface area contributed by atoms with Crippen molar-refractivity contribution >= 4 is 23.5 Å². The minimum Gasteiger partial charge on any atom is -0.497 e. The molecule has 132 valence electrons. The summed E-state index contributed by atoms with van der Waals surface area (Å²) in [5.74, 6) is 1.68. The molecule has 0 bridgehead atoms. The van der Waals surface area contributed by atoms with Crippen LogP contribution in [0.15, 0.2) is 42.5 Å². The van der Waals surface area contributed by atoms with E-state index in [4.69, 9.17) is 9.47 Å². The van der Waals surface area contributed by atoms with E-state index in [0.717, 1.165) is 11.3 Å². The summed E-state index contributed by atoms with van der Waals surface area (Å²) in [6.45, 7) is 0.574. The molecule has 25 heavy (non-hydrogen) atoms. The molecule has 1 heterocycles. The first-order chi connectivity index (χ1) is 12.1. The highest BCUT2D eigenvalue weighted by Crippen LogP contribution is 2.43. The molecule has 1 aliphatic rings. The Morgan fingerprint density at radius 2 is 2.04 bits per heavy atom. The van der Waals surface area contributed by atoms with Crippen LogP contribution in [-0.2, 0) is 0 Å². The van der Waals surface area contributed by atoms with Crippen LogP contribution in [0.1, 0.15) is 10.9 Å². The summed E-state index contributed by atoms with van der Waals surface area (Å²) in [5.41, 5.74) is 1.05. The number of ether oxygens (including phenoxy) is 2. The molecule has 3 rings (SSSR count). The standard InChI is InChI=1S/C18H19FN2O3S/c1-23-12-7-8-13(16(11-12)24-2)17-21(9-10-25-17)18(22)20-15-6-4-3-5-14(15)19/h3-8,11,17H,9-10H2,1-2H3,(H,20,22)/t17-/m1/s1. The van der Waals surface area contributed by atoms with Crippen LogP contribution < -0.4 is 14.8 Å². The molecule has 0 spiro atoms. The van der Waals surface area contributed by atoms with Gasteiger partial charge in [0.25, 0.3) is 0 Å². The number of benzene rings is 2. The summed E-state index contributed by atoms with van der Waals surface area (Å²) in [6.07, 6.45) is 0. The molecular formula is C18H19FN2O3S. The van der Waals surface area contributed by atoms with E-state index in [2.05, 4.69) is 5.32 Å². The zero-order chi connectivity index (χ0) is 17.8. The van der Waals surface area contributed by atoms with Crippen molar-refractivity contribution < 1.29 is 18.7 Å². The van der Waals surface area contributed by atoms with E-state index < -0.39 is 5.82 Å². The third-order valence-corrected chi connectivity index (χ3v) is 5.22.